The number of hydrogen-bond donors (Lipinski definition) is 0. The molecule has 1 aromatic rings. The lowest BCUT2D eigenvalue weighted by Gasteiger charge is -2.31. The molecular formula is C19H27NO6. The van der Waals surface area contributed by atoms with Crippen LogP contribution in [0.15, 0.2) is 12.1 Å². The molecule has 1 amide bonds. The Bertz CT molecular complexity index is 652. The van der Waals surface area contributed by atoms with Gasteiger partial charge in [0.25, 0.3) is 5.91 Å². The van der Waals surface area contributed by atoms with Gasteiger partial charge in [0, 0.05) is 25.2 Å². The average molecular weight is 365 g/mol. The summed E-state index contributed by atoms with van der Waals surface area (Å²) in [5.74, 6) is 0.905. The number of benzene rings is 1. The van der Waals surface area contributed by atoms with Crippen LogP contribution < -0.4 is 14.2 Å². The molecule has 1 aliphatic heterocycles. The van der Waals surface area contributed by atoms with E-state index in [2.05, 4.69) is 6.92 Å². The second-order valence-corrected chi connectivity index (χ2v) is 6.46. The van der Waals surface area contributed by atoms with Crippen LogP contribution in [0.3, 0.4) is 0 Å². The zero-order valence-corrected chi connectivity index (χ0v) is 16.0. The summed E-state index contributed by atoms with van der Waals surface area (Å²) in [6.45, 7) is 5.16. The van der Waals surface area contributed by atoms with Crippen LogP contribution >= 0.6 is 0 Å². The molecule has 1 saturated heterocycles. The number of rotatable bonds is 6. The molecule has 0 radical (unpaired) electrons. The lowest BCUT2D eigenvalue weighted by Crippen LogP contribution is -2.44. The van der Waals surface area contributed by atoms with Crippen molar-refractivity contribution in [3.05, 3.63) is 17.7 Å². The van der Waals surface area contributed by atoms with Crippen LogP contribution in [0.5, 0.6) is 17.2 Å². The fraction of sp³-hybridized carbons (Fsp3) is 0.579. The largest absolute Gasteiger partial charge is 0.496 e. The van der Waals surface area contributed by atoms with Crippen molar-refractivity contribution in [2.45, 2.75) is 32.8 Å². The Morgan fingerprint density at radius 2 is 1.54 bits per heavy atom. The Balaban J connectivity index is 2.12. The summed E-state index contributed by atoms with van der Waals surface area (Å²) in [5, 5.41) is 0. The van der Waals surface area contributed by atoms with Gasteiger partial charge in [-0.25, -0.2) is 4.79 Å². The van der Waals surface area contributed by atoms with Crippen LogP contribution in [0.1, 0.15) is 37.0 Å². The van der Waals surface area contributed by atoms with Gasteiger partial charge in [0.1, 0.15) is 11.3 Å². The molecule has 26 heavy (non-hydrogen) atoms. The first-order chi connectivity index (χ1) is 12.4. The topological polar surface area (TPSA) is 74.3 Å². The summed E-state index contributed by atoms with van der Waals surface area (Å²) in [6.07, 6.45) is 1.07. The van der Waals surface area contributed by atoms with E-state index in [0.717, 1.165) is 12.8 Å². The van der Waals surface area contributed by atoms with Gasteiger partial charge in [0.05, 0.1) is 21.3 Å². The number of hydrogen-bond acceptors (Lipinski definition) is 6. The Morgan fingerprint density at radius 3 is 2.08 bits per heavy atom. The normalized spacial score (nSPS) is 16.0. The van der Waals surface area contributed by atoms with E-state index in [0.29, 0.717) is 36.3 Å². The maximum absolute atomic E-state index is 12.6. The Hall–Kier alpha value is -2.44. The Kier molecular flexibility index (Phi) is 6.71. The Morgan fingerprint density at radius 1 is 1.00 bits per heavy atom. The molecule has 144 valence electrons. The molecule has 1 heterocycles. The average Bonchev–Trinajstić information content (AvgIpc) is 2.66. The highest BCUT2D eigenvalue weighted by molar-refractivity contribution is 5.95. The molecule has 1 unspecified atom stereocenters. The summed E-state index contributed by atoms with van der Waals surface area (Å²) < 4.78 is 21.1. The SMILES string of the molecule is COc1cc(OC)c(C(=O)OC(C)C(=O)N2CCC(C)CC2)cc1OC. The lowest BCUT2D eigenvalue weighted by atomic mass is 9.99. The molecule has 7 nitrogen and oxygen atoms in total. The second-order valence-electron chi connectivity index (χ2n) is 6.46. The highest BCUT2D eigenvalue weighted by Gasteiger charge is 2.28. The minimum atomic E-state index is -0.867. The highest BCUT2D eigenvalue weighted by Crippen LogP contribution is 2.35. The van der Waals surface area contributed by atoms with Gasteiger partial charge >= 0.3 is 5.97 Å². The summed E-state index contributed by atoms with van der Waals surface area (Å²) in [7, 11) is 4.42. The zero-order chi connectivity index (χ0) is 19.3. The number of carbonyl (C=O) groups excluding carboxylic acids is 2. The van der Waals surface area contributed by atoms with E-state index >= 15 is 0 Å². The predicted octanol–water partition coefficient (Wildman–Crippen LogP) is 2.52. The third-order valence-corrected chi connectivity index (χ3v) is 4.65. The van der Waals surface area contributed by atoms with Crippen molar-refractivity contribution in [1.82, 2.24) is 4.90 Å². The molecule has 0 N–H and O–H groups in total. The van der Waals surface area contributed by atoms with Crippen molar-refractivity contribution in [2.24, 2.45) is 5.92 Å². The smallest absolute Gasteiger partial charge is 0.342 e. The second kappa shape index (κ2) is 8.78. The summed E-state index contributed by atoms with van der Waals surface area (Å²) >= 11 is 0. The first kappa shape index (κ1) is 19.9. The molecule has 0 aliphatic carbocycles. The highest BCUT2D eigenvalue weighted by atomic mass is 16.6. The maximum atomic E-state index is 12.6. The van der Waals surface area contributed by atoms with E-state index in [1.807, 2.05) is 0 Å². The summed E-state index contributed by atoms with van der Waals surface area (Å²) in [5.41, 5.74) is 0.178. The van der Waals surface area contributed by atoms with E-state index < -0.39 is 12.1 Å². The molecule has 2 rings (SSSR count). The Labute approximate surface area is 154 Å². The van der Waals surface area contributed by atoms with Crippen LogP contribution in [0.4, 0.5) is 0 Å². The fourth-order valence-corrected chi connectivity index (χ4v) is 2.95. The minimum absolute atomic E-state index is 0.176. The van der Waals surface area contributed by atoms with Crippen LogP contribution in [0.25, 0.3) is 0 Å². The van der Waals surface area contributed by atoms with Crippen molar-refractivity contribution in [1.29, 1.82) is 0 Å². The van der Waals surface area contributed by atoms with Gasteiger partial charge in [-0.15, -0.1) is 0 Å². The molecule has 0 bridgehead atoms. The van der Waals surface area contributed by atoms with Crippen LogP contribution in [-0.2, 0) is 9.53 Å². The van der Waals surface area contributed by atoms with E-state index in [1.54, 1.807) is 17.9 Å². The number of amides is 1. The van der Waals surface area contributed by atoms with Gasteiger partial charge in [-0.1, -0.05) is 6.92 Å². The minimum Gasteiger partial charge on any atom is -0.496 e. The van der Waals surface area contributed by atoms with Crippen LogP contribution in [0.2, 0.25) is 0 Å². The standard InChI is InChI=1S/C19H27NO6/c1-12-6-8-20(9-7-12)18(21)13(2)26-19(22)14-10-16(24-4)17(25-5)11-15(14)23-3/h10-13H,6-9H2,1-5H3. The third kappa shape index (κ3) is 4.39. The van der Waals surface area contributed by atoms with Gasteiger partial charge in [0.2, 0.25) is 0 Å². The van der Waals surface area contributed by atoms with Crippen LogP contribution in [0, 0.1) is 5.92 Å². The number of piperidine rings is 1. The molecule has 1 aromatic carbocycles. The number of nitrogens with zero attached hydrogens (tertiary/aromatic N) is 1. The molecule has 1 aliphatic rings. The summed E-state index contributed by atoms with van der Waals surface area (Å²) in [6, 6.07) is 3.04. The van der Waals surface area contributed by atoms with Crippen molar-refractivity contribution >= 4 is 11.9 Å². The first-order valence-electron chi connectivity index (χ1n) is 8.71. The fourth-order valence-electron chi connectivity index (χ4n) is 2.95. The van der Waals surface area contributed by atoms with Crippen molar-refractivity contribution in [2.75, 3.05) is 34.4 Å². The molecule has 0 saturated carbocycles. The molecular weight excluding hydrogens is 338 g/mol. The monoisotopic (exact) mass is 365 g/mol. The van der Waals surface area contributed by atoms with Gasteiger partial charge in [0.15, 0.2) is 17.6 Å². The molecule has 0 spiro atoms. The lowest BCUT2D eigenvalue weighted by molar-refractivity contribution is -0.141. The molecule has 1 fully saturated rings. The number of likely N-dealkylation sites (tertiary alicyclic amines) is 1. The van der Waals surface area contributed by atoms with Crippen LogP contribution in [-0.4, -0.2) is 57.3 Å². The molecule has 1 atom stereocenters. The first-order valence-corrected chi connectivity index (χ1v) is 8.71. The van der Waals surface area contributed by atoms with E-state index in [9.17, 15) is 9.59 Å². The van der Waals surface area contributed by atoms with E-state index in [-0.39, 0.29) is 11.5 Å². The number of esters is 1. The van der Waals surface area contributed by atoms with Gasteiger partial charge in [-0.2, -0.15) is 0 Å². The van der Waals surface area contributed by atoms with Gasteiger partial charge in [-0.05, 0) is 25.7 Å². The zero-order valence-electron chi connectivity index (χ0n) is 16.0. The van der Waals surface area contributed by atoms with E-state index in [4.69, 9.17) is 18.9 Å². The van der Waals surface area contributed by atoms with E-state index in [1.165, 1.54) is 27.4 Å². The molecule has 0 aromatic heterocycles. The number of carbonyl (C=O) groups is 2. The number of methoxy groups -OCH3 is 3. The maximum Gasteiger partial charge on any atom is 0.342 e. The predicted molar refractivity (Wildman–Crippen MR) is 96.0 cm³/mol. The summed E-state index contributed by atoms with van der Waals surface area (Å²) in [4.78, 5) is 26.8. The molecule has 7 heteroatoms. The van der Waals surface area contributed by atoms with Crippen molar-refractivity contribution in [3.8, 4) is 17.2 Å². The number of ether oxygens (including phenoxy) is 4. The van der Waals surface area contributed by atoms with Gasteiger partial charge in [-0.3, -0.25) is 4.79 Å². The quantitative estimate of drug-likeness (QED) is 0.721. The van der Waals surface area contributed by atoms with Crippen molar-refractivity contribution < 1.29 is 28.5 Å². The van der Waals surface area contributed by atoms with Gasteiger partial charge < -0.3 is 23.8 Å². The third-order valence-electron chi connectivity index (χ3n) is 4.65. The van der Waals surface area contributed by atoms with Crippen molar-refractivity contribution in [3.63, 3.8) is 0 Å².